The van der Waals surface area contributed by atoms with Gasteiger partial charge < -0.3 is 10.6 Å². The van der Waals surface area contributed by atoms with E-state index in [1.165, 1.54) is 0 Å². The highest BCUT2D eigenvalue weighted by molar-refractivity contribution is 5.75. The third-order valence-corrected chi connectivity index (χ3v) is 2.56. The molecule has 88 valence electrons. The van der Waals surface area contributed by atoms with Crippen molar-refractivity contribution in [3.05, 3.63) is 0 Å². The van der Waals surface area contributed by atoms with Crippen LogP contribution in [-0.2, 0) is 9.63 Å². The minimum atomic E-state index is -0.436. The molecule has 1 rings (SSSR count). The van der Waals surface area contributed by atoms with Crippen molar-refractivity contribution in [3.8, 4) is 0 Å². The zero-order valence-electron chi connectivity index (χ0n) is 9.95. The first-order valence-corrected chi connectivity index (χ1v) is 5.62. The molecule has 0 saturated carbocycles. The molecule has 4 nitrogen and oxygen atoms in total. The lowest BCUT2D eigenvalue weighted by molar-refractivity contribution is -0.200. The van der Waals surface area contributed by atoms with Crippen LogP contribution in [0.1, 0.15) is 40.0 Å². The number of hydrogen-bond acceptors (Lipinski definition) is 4. The third-order valence-electron chi connectivity index (χ3n) is 2.56. The lowest BCUT2D eigenvalue weighted by atomic mass is 9.98. The van der Waals surface area contributed by atoms with Crippen LogP contribution in [0.15, 0.2) is 0 Å². The van der Waals surface area contributed by atoms with Crippen molar-refractivity contribution in [1.29, 1.82) is 0 Å². The second-order valence-corrected chi connectivity index (χ2v) is 5.25. The summed E-state index contributed by atoms with van der Waals surface area (Å²) in [6.07, 6.45) is 2.92. The van der Waals surface area contributed by atoms with Crippen molar-refractivity contribution < 1.29 is 9.63 Å². The molecule has 2 N–H and O–H groups in total. The van der Waals surface area contributed by atoms with E-state index in [2.05, 4.69) is 0 Å². The smallest absolute Gasteiger partial charge is 0.330 e. The van der Waals surface area contributed by atoms with Crippen LogP contribution in [0, 0.1) is 5.41 Å². The molecule has 0 aromatic carbocycles. The van der Waals surface area contributed by atoms with Gasteiger partial charge >= 0.3 is 5.97 Å². The molecular formula is C11H22N2O2. The van der Waals surface area contributed by atoms with Gasteiger partial charge in [-0.25, -0.2) is 4.79 Å². The molecule has 0 amide bonds. The summed E-state index contributed by atoms with van der Waals surface area (Å²) in [6, 6.07) is 0.253. The fourth-order valence-electron chi connectivity index (χ4n) is 1.44. The van der Waals surface area contributed by atoms with E-state index in [0.717, 1.165) is 32.4 Å². The largest absolute Gasteiger partial charge is 0.367 e. The Morgan fingerprint density at radius 3 is 2.60 bits per heavy atom. The number of rotatable bonds is 1. The molecule has 1 heterocycles. The van der Waals surface area contributed by atoms with E-state index in [-0.39, 0.29) is 12.0 Å². The lowest BCUT2D eigenvalue weighted by Crippen LogP contribution is -2.34. The zero-order chi connectivity index (χ0) is 11.5. The number of hydrogen-bond donors (Lipinski definition) is 1. The van der Waals surface area contributed by atoms with Gasteiger partial charge in [0, 0.05) is 19.1 Å². The predicted octanol–water partition coefficient (Wildman–Crippen LogP) is 1.30. The van der Waals surface area contributed by atoms with Gasteiger partial charge in [0.1, 0.15) is 0 Å². The van der Waals surface area contributed by atoms with Crippen LogP contribution in [0.4, 0.5) is 0 Å². The Kier molecular flexibility index (Phi) is 4.11. The van der Waals surface area contributed by atoms with Crippen molar-refractivity contribution >= 4 is 5.97 Å². The fraction of sp³-hybridized carbons (Fsp3) is 0.909. The number of carbonyl (C=O) groups is 1. The van der Waals surface area contributed by atoms with Crippen LogP contribution in [-0.4, -0.2) is 30.2 Å². The van der Waals surface area contributed by atoms with E-state index in [1.807, 2.05) is 20.8 Å². The van der Waals surface area contributed by atoms with Gasteiger partial charge in [-0.1, -0.05) is 0 Å². The van der Waals surface area contributed by atoms with Gasteiger partial charge in [0.05, 0.1) is 5.41 Å². The molecular weight excluding hydrogens is 192 g/mol. The summed E-state index contributed by atoms with van der Waals surface area (Å²) in [4.78, 5) is 17.0. The minimum Gasteiger partial charge on any atom is -0.367 e. The highest BCUT2D eigenvalue weighted by Crippen LogP contribution is 2.18. The van der Waals surface area contributed by atoms with Gasteiger partial charge in [-0.2, -0.15) is 0 Å². The minimum absolute atomic E-state index is 0.169. The van der Waals surface area contributed by atoms with Crippen molar-refractivity contribution in [2.75, 3.05) is 13.1 Å². The van der Waals surface area contributed by atoms with Crippen molar-refractivity contribution in [2.45, 2.75) is 46.1 Å². The Hall–Kier alpha value is -0.610. The van der Waals surface area contributed by atoms with Crippen molar-refractivity contribution in [3.63, 3.8) is 0 Å². The van der Waals surface area contributed by atoms with E-state index >= 15 is 0 Å². The van der Waals surface area contributed by atoms with Crippen LogP contribution in [0.25, 0.3) is 0 Å². The lowest BCUT2D eigenvalue weighted by Gasteiger charge is -2.24. The maximum Gasteiger partial charge on any atom is 0.330 e. The molecule has 1 atom stereocenters. The number of hydroxylamine groups is 2. The van der Waals surface area contributed by atoms with E-state index in [0.29, 0.717) is 0 Å². The molecule has 1 unspecified atom stereocenters. The molecule has 0 bridgehead atoms. The van der Waals surface area contributed by atoms with Gasteiger partial charge in [-0.3, -0.25) is 0 Å². The molecule has 4 heteroatoms. The number of nitrogens with two attached hydrogens (primary N) is 1. The van der Waals surface area contributed by atoms with Crippen LogP contribution >= 0.6 is 0 Å². The Balaban J connectivity index is 2.41. The summed E-state index contributed by atoms with van der Waals surface area (Å²) in [7, 11) is 0. The first-order chi connectivity index (χ1) is 6.89. The fourth-order valence-corrected chi connectivity index (χ4v) is 1.44. The van der Waals surface area contributed by atoms with Crippen LogP contribution in [0.5, 0.6) is 0 Å². The first kappa shape index (κ1) is 12.5. The van der Waals surface area contributed by atoms with Gasteiger partial charge in [-0.15, -0.1) is 5.06 Å². The molecule has 1 saturated heterocycles. The molecule has 1 aliphatic heterocycles. The van der Waals surface area contributed by atoms with E-state index in [4.69, 9.17) is 10.6 Å². The summed E-state index contributed by atoms with van der Waals surface area (Å²) in [5, 5.41) is 1.75. The molecule has 15 heavy (non-hydrogen) atoms. The maximum atomic E-state index is 11.6. The van der Waals surface area contributed by atoms with E-state index in [9.17, 15) is 4.79 Å². The second kappa shape index (κ2) is 4.94. The summed E-state index contributed by atoms with van der Waals surface area (Å²) in [5.41, 5.74) is 5.41. The van der Waals surface area contributed by atoms with Crippen LogP contribution < -0.4 is 5.73 Å². The Morgan fingerprint density at radius 2 is 2.00 bits per heavy atom. The van der Waals surface area contributed by atoms with Gasteiger partial charge in [0.2, 0.25) is 0 Å². The zero-order valence-corrected chi connectivity index (χ0v) is 9.95. The highest BCUT2D eigenvalue weighted by atomic mass is 16.7. The van der Waals surface area contributed by atoms with Crippen molar-refractivity contribution in [1.82, 2.24) is 5.06 Å². The Bertz CT molecular complexity index is 223. The Labute approximate surface area is 91.7 Å². The molecule has 0 aromatic heterocycles. The summed E-state index contributed by atoms with van der Waals surface area (Å²) in [5.74, 6) is -0.169. The number of nitrogens with zero attached hydrogens (tertiary/aromatic N) is 1. The summed E-state index contributed by atoms with van der Waals surface area (Å²) >= 11 is 0. The quantitative estimate of drug-likeness (QED) is 0.715. The molecule has 0 aromatic rings. The third kappa shape index (κ3) is 4.18. The van der Waals surface area contributed by atoms with E-state index < -0.39 is 5.41 Å². The normalized spacial score (nSPS) is 24.7. The van der Waals surface area contributed by atoms with E-state index in [1.54, 1.807) is 5.06 Å². The van der Waals surface area contributed by atoms with Gasteiger partial charge in [0.25, 0.3) is 0 Å². The molecule has 0 aliphatic carbocycles. The highest BCUT2D eigenvalue weighted by Gasteiger charge is 2.26. The maximum absolute atomic E-state index is 11.6. The molecule has 0 spiro atoms. The topological polar surface area (TPSA) is 55.6 Å². The van der Waals surface area contributed by atoms with Gasteiger partial charge in [0.15, 0.2) is 0 Å². The number of carbonyl (C=O) groups excluding carboxylic acids is 1. The predicted molar refractivity (Wildman–Crippen MR) is 58.9 cm³/mol. The summed E-state index contributed by atoms with van der Waals surface area (Å²) < 4.78 is 0. The SMILES string of the molecule is CC(C)(C)C(=O)ON1CCCC(N)CC1. The summed E-state index contributed by atoms with van der Waals surface area (Å²) in [6.45, 7) is 7.13. The average Bonchev–Trinajstić information content (AvgIpc) is 2.29. The molecule has 0 radical (unpaired) electrons. The monoisotopic (exact) mass is 214 g/mol. The van der Waals surface area contributed by atoms with Gasteiger partial charge in [-0.05, 0) is 40.0 Å². The first-order valence-electron chi connectivity index (χ1n) is 5.62. The molecule has 1 fully saturated rings. The van der Waals surface area contributed by atoms with Crippen LogP contribution in [0.2, 0.25) is 0 Å². The van der Waals surface area contributed by atoms with Crippen LogP contribution in [0.3, 0.4) is 0 Å². The Morgan fingerprint density at radius 1 is 1.33 bits per heavy atom. The van der Waals surface area contributed by atoms with Crippen molar-refractivity contribution in [2.24, 2.45) is 11.1 Å². The average molecular weight is 214 g/mol. The standard InChI is InChI=1S/C11H22N2O2/c1-11(2,3)10(14)15-13-7-4-5-9(12)6-8-13/h9H,4-8,12H2,1-3H3. The second-order valence-electron chi connectivity index (χ2n) is 5.25. The molecule has 1 aliphatic rings.